The fraction of sp³-hybridized carbons (Fsp3) is 0. The van der Waals surface area contributed by atoms with Gasteiger partial charge in [-0.15, -0.1) is 0 Å². The number of fused-ring (bicyclic) bond motifs is 1. The molecule has 0 aliphatic heterocycles. The maximum Gasteiger partial charge on any atom is 0.205 e. The number of anilines is 1. The molecule has 0 aliphatic rings. The number of nitrogens with two attached hydrogens (primary N) is 1. The van der Waals surface area contributed by atoms with E-state index in [1.165, 1.54) is 12.1 Å². The fourth-order valence-corrected chi connectivity index (χ4v) is 2.57. The van der Waals surface area contributed by atoms with E-state index in [9.17, 15) is 4.39 Å². The minimum atomic E-state index is -0.530. The SMILES string of the molecule is Nc1nc2cc(F)c(Cl)cc2n1-c1ccc(Br)c(Cl)c1. The number of rotatable bonds is 1. The number of hydrogen-bond acceptors (Lipinski definition) is 2. The van der Waals surface area contributed by atoms with Gasteiger partial charge in [0.1, 0.15) is 5.82 Å². The number of benzene rings is 2. The molecule has 3 rings (SSSR count). The standard InChI is InChI=1S/C13H7BrCl2FN3/c14-7-2-1-6(3-8(7)15)20-12-4-9(16)10(17)5-11(12)19-13(20)18/h1-5H,(H2,18,19). The highest BCUT2D eigenvalue weighted by Gasteiger charge is 2.14. The molecule has 0 saturated heterocycles. The lowest BCUT2D eigenvalue weighted by atomic mass is 10.2. The summed E-state index contributed by atoms with van der Waals surface area (Å²) in [7, 11) is 0. The first-order valence-corrected chi connectivity index (χ1v) is 7.10. The van der Waals surface area contributed by atoms with E-state index in [-0.39, 0.29) is 11.0 Å². The third-order valence-corrected chi connectivity index (χ3v) is 4.41. The van der Waals surface area contributed by atoms with Crippen LogP contribution in [-0.4, -0.2) is 9.55 Å². The molecule has 0 radical (unpaired) electrons. The van der Waals surface area contributed by atoms with E-state index >= 15 is 0 Å². The number of nitrogen functional groups attached to an aromatic ring is 1. The fourth-order valence-electron chi connectivity index (χ4n) is 1.99. The second kappa shape index (κ2) is 4.91. The van der Waals surface area contributed by atoms with E-state index in [0.717, 1.165) is 10.2 Å². The van der Waals surface area contributed by atoms with Gasteiger partial charge in [0.25, 0.3) is 0 Å². The first kappa shape index (κ1) is 13.7. The first-order valence-electron chi connectivity index (χ1n) is 5.56. The van der Waals surface area contributed by atoms with Crippen molar-refractivity contribution in [1.82, 2.24) is 9.55 Å². The Morgan fingerprint density at radius 1 is 1.15 bits per heavy atom. The van der Waals surface area contributed by atoms with Gasteiger partial charge in [0.15, 0.2) is 0 Å². The van der Waals surface area contributed by atoms with Crippen LogP contribution in [0.2, 0.25) is 10.0 Å². The van der Waals surface area contributed by atoms with Gasteiger partial charge in [-0.25, -0.2) is 9.37 Å². The lowest BCUT2D eigenvalue weighted by Gasteiger charge is -2.08. The van der Waals surface area contributed by atoms with Crippen molar-refractivity contribution in [2.75, 3.05) is 5.73 Å². The number of hydrogen-bond donors (Lipinski definition) is 1. The van der Waals surface area contributed by atoms with Gasteiger partial charge in [-0.1, -0.05) is 23.2 Å². The Morgan fingerprint density at radius 3 is 2.60 bits per heavy atom. The highest BCUT2D eigenvalue weighted by molar-refractivity contribution is 9.10. The molecule has 0 bridgehead atoms. The Labute approximate surface area is 132 Å². The molecule has 20 heavy (non-hydrogen) atoms. The third-order valence-electron chi connectivity index (χ3n) is 2.88. The minimum absolute atomic E-state index is 0.0156. The van der Waals surface area contributed by atoms with E-state index < -0.39 is 5.82 Å². The number of halogens is 4. The van der Waals surface area contributed by atoms with Crippen LogP contribution >= 0.6 is 39.1 Å². The summed E-state index contributed by atoms with van der Waals surface area (Å²) in [6, 6.07) is 8.11. The molecule has 0 aliphatic carbocycles. The van der Waals surface area contributed by atoms with Gasteiger partial charge in [0.2, 0.25) is 5.95 Å². The predicted octanol–water partition coefficient (Wildman–Crippen LogP) is 4.82. The topological polar surface area (TPSA) is 43.8 Å². The van der Waals surface area contributed by atoms with Crippen LogP contribution in [0.1, 0.15) is 0 Å². The Balaban J connectivity index is 2.32. The summed E-state index contributed by atoms with van der Waals surface area (Å²) in [5.41, 5.74) is 7.68. The maximum absolute atomic E-state index is 13.5. The van der Waals surface area contributed by atoms with Gasteiger partial charge in [-0.05, 0) is 40.2 Å². The molecular formula is C13H7BrCl2FN3. The summed E-state index contributed by atoms with van der Waals surface area (Å²) in [5.74, 6) is -0.294. The van der Waals surface area contributed by atoms with Crippen molar-refractivity contribution in [3.63, 3.8) is 0 Å². The van der Waals surface area contributed by atoms with Gasteiger partial charge in [0, 0.05) is 10.5 Å². The van der Waals surface area contributed by atoms with Crippen LogP contribution in [0, 0.1) is 5.82 Å². The molecule has 0 fully saturated rings. The molecule has 7 heteroatoms. The Hall–Kier alpha value is -1.30. The average Bonchev–Trinajstić information content (AvgIpc) is 2.69. The van der Waals surface area contributed by atoms with E-state index in [0.29, 0.717) is 16.1 Å². The smallest absolute Gasteiger partial charge is 0.205 e. The van der Waals surface area contributed by atoms with Gasteiger partial charge >= 0.3 is 0 Å². The Morgan fingerprint density at radius 2 is 1.90 bits per heavy atom. The zero-order chi connectivity index (χ0) is 14.4. The van der Waals surface area contributed by atoms with E-state index in [1.54, 1.807) is 16.7 Å². The van der Waals surface area contributed by atoms with Gasteiger partial charge < -0.3 is 5.73 Å². The summed E-state index contributed by atoms with van der Waals surface area (Å²) in [6.07, 6.45) is 0. The van der Waals surface area contributed by atoms with Crippen LogP contribution < -0.4 is 5.73 Å². The molecule has 1 heterocycles. The second-order valence-corrected chi connectivity index (χ2v) is 5.83. The van der Waals surface area contributed by atoms with Crippen molar-refractivity contribution in [2.24, 2.45) is 0 Å². The van der Waals surface area contributed by atoms with Crippen LogP contribution in [-0.2, 0) is 0 Å². The Bertz CT molecular complexity index is 832. The van der Waals surface area contributed by atoms with Crippen molar-refractivity contribution >= 4 is 56.1 Å². The number of imidazole rings is 1. The summed E-state index contributed by atoms with van der Waals surface area (Å²) in [5, 5.41) is 0.554. The number of nitrogens with zero attached hydrogens (tertiary/aromatic N) is 2. The summed E-state index contributed by atoms with van der Waals surface area (Å²) < 4.78 is 15.9. The molecule has 0 unspecified atom stereocenters. The minimum Gasteiger partial charge on any atom is -0.369 e. The summed E-state index contributed by atoms with van der Waals surface area (Å²) in [6.45, 7) is 0. The van der Waals surface area contributed by atoms with Gasteiger partial charge in [-0.2, -0.15) is 0 Å². The normalized spacial score (nSPS) is 11.2. The Kier molecular flexibility index (Phi) is 3.36. The van der Waals surface area contributed by atoms with Crippen LogP contribution in [0.25, 0.3) is 16.7 Å². The van der Waals surface area contributed by atoms with Gasteiger partial charge in [0.05, 0.1) is 26.8 Å². The largest absolute Gasteiger partial charge is 0.369 e. The molecule has 3 nitrogen and oxygen atoms in total. The maximum atomic E-state index is 13.5. The van der Waals surface area contributed by atoms with Crippen LogP contribution in [0.5, 0.6) is 0 Å². The van der Waals surface area contributed by atoms with Crippen molar-refractivity contribution in [3.05, 3.63) is 50.7 Å². The lowest BCUT2D eigenvalue weighted by molar-refractivity contribution is 0.630. The van der Waals surface area contributed by atoms with E-state index in [4.69, 9.17) is 28.9 Å². The van der Waals surface area contributed by atoms with E-state index in [1.807, 2.05) is 6.07 Å². The number of aromatic nitrogens is 2. The highest BCUT2D eigenvalue weighted by Crippen LogP contribution is 2.30. The van der Waals surface area contributed by atoms with Crippen molar-refractivity contribution in [1.29, 1.82) is 0 Å². The zero-order valence-electron chi connectivity index (χ0n) is 9.87. The van der Waals surface area contributed by atoms with Crippen LogP contribution in [0.15, 0.2) is 34.8 Å². The lowest BCUT2D eigenvalue weighted by Crippen LogP contribution is -2.00. The van der Waals surface area contributed by atoms with Gasteiger partial charge in [-0.3, -0.25) is 4.57 Å². The molecule has 2 aromatic carbocycles. The van der Waals surface area contributed by atoms with Crippen molar-refractivity contribution in [3.8, 4) is 5.69 Å². The first-order chi connectivity index (χ1) is 9.47. The molecule has 0 atom stereocenters. The average molecular weight is 375 g/mol. The van der Waals surface area contributed by atoms with Crippen molar-refractivity contribution in [2.45, 2.75) is 0 Å². The quantitative estimate of drug-likeness (QED) is 0.663. The molecule has 0 saturated carbocycles. The highest BCUT2D eigenvalue weighted by atomic mass is 79.9. The monoisotopic (exact) mass is 373 g/mol. The molecular weight excluding hydrogens is 368 g/mol. The summed E-state index contributed by atoms with van der Waals surface area (Å²) >= 11 is 15.2. The van der Waals surface area contributed by atoms with Crippen LogP contribution in [0.3, 0.4) is 0 Å². The summed E-state index contributed by atoms with van der Waals surface area (Å²) in [4.78, 5) is 4.13. The molecule has 3 aromatic rings. The zero-order valence-corrected chi connectivity index (χ0v) is 13.0. The third kappa shape index (κ3) is 2.16. The van der Waals surface area contributed by atoms with Crippen molar-refractivity contribution < 1.29 is 4.39 Å². The molecule has 102 valence electrons. The predicted molar refractivity (Wildman–Crippen MR) is 83.2 cm³/mol. The van der Waals surface area contributed by atoms with E-state index in [2.05, 4.69) is 20.9 Å². The van der Waals surface area contributed by atoms with Crippen LogP contribution in [0.4, 0.5) is 10.3 Å². The molecule has 2 N–H and O–H groups in total. The molecule has 0 amide bonds. The second-order valence-electron chi connectivity index (χ2n) is 4.16. The molecule has 1 aromatic heterocycles. The molecule has 0 spiro atoms.